The summed E-state index contributed by atoms with van der Waals surface area (Å²) in [6, 6.07) is 2.36. The number of hydroxylamine groups is 2. The lowest BCUT2D eigenvalue weighted by Crippen LogP contribution is -2.41. The van der Waals surface area contributed by atoms with Crippen LogP contribution in [-0.2, 0) is 30.6 Å². The molecule has 1 N–H and O–H groups in total. The van der Waals surface area contributed by atoms with Crippen LogP contribution < -0.4 is 0 Å². The molecule has 11 heteroatoms. The zero-order valence-electron chi connectivity index (χ0n) is 12.4. The zero-order chi connectivity index (χ0) is 18.5. The lowest BCUT2D eigenvalue weighted by molar-refractivity contribution is -0.174. The van der Waals surface area contributed by atoms with Crippen molar-refractivity contribution in [1.82, 2.24) is 5.06 Å². The maximum Gasteiger partial charge on any atom is 0.501 e. The molecule has 1 aromatic carbocycles. The van der Waals surface area contributed by atoms with Crippen molar-refractivity contribution in [3.63, 3.8) is 0 Å². The molecule has 0 radical (unpaired) electrons. The zero-order valence-corrected chi connectivity index (χ0v) is 13.2. The lowest BCUT2D eigenvalue weighted by Gasteiger charge is -2.22. The van der Waals surface area contributed by atoms with E-state index in [0.29, 0.717) is 5.06 Å². The average molecular weight is 369 g/mol. The van der Waals surface area contributed by atoms with Gasteiger partial charge in [-0.25, -0.2) is 13.2 Å². The number of sulfone groups is 1. The van der Waals surface area contributed by atoms with E-state index in [9.17, 15) is 36.4 Å². The van der Waals surface area contributed by atoms with Crippen LogP contribution in [0.1, 0.15) is 12.5 Å². The molecule has 0 heterocycles. The van der Waals surface area contributed by atoms with Gasteiger partial charge in [-0.05, 0) is 17.7 Å². The van der Waals surface area contributed by atoms with Gasteiger partial charge in [0.25, 0.3) is 9.84 Å². The highest BCUT2D eigenvalue weighted by Crippen LogP contribution is 2.30. The molecule has 1 atom stereocenters. The van der Waals surface area contributed by atoms with Crippen molar-refractivity contribution in [2.45, 2.75) is 29.8 Å². The smallest absolute Gasteiger partial charge is 0.394 e. The number of likely N-dealkylation sites (N-methyl/N-ethyl adjacent to an activating group) is 1. The summed E-state index contributed by atoms with van der Waals surface area (Å²) in [7, 11) is -5.47. The molecule has 0 amide bonds. The Morgan fingerprint density at radius 1 is 1.33 bits per heavy atom. The summed E-state index contributed by atoms with van der Waals surface area (Å²) < 4.78 is 64.0. The Morgan fingerprint density at radius 2 is 1.88 bits per heavy atom. The van der Waals surface area contributed by atoms with Crippen LogP contribution in [0.5, 0.6) is 0 Å². The van der Waals surface area contributed by atoms with Gasteiger partial charge < -0.3 is 9.94 Å². The van der Waals surface area contributed by atoms with E-state index in [1.807, 2.05) is 0 Å². The van der Waals surface area contributed by atoms with Crippen molar-refractivity contribution in [3.8, 4) is 0 Å². The first-order valence-corrected chi connectivity index (χ1v) is 8.02. The predicted octanol–water partition coefficient (Wildman–Crippen LogP) is 1.30. The summed E-state index contributed by atoms with van der Waals surface area (Å²) >= 11 is 0. The standard InChI is InChI=1S/C13H14F3NO6S/c1-2-17(20)11(12(19)23-8-18)7-9-3-5-10(6-4-9)24(21,22)13(14,15)16/h3-6,8,11,20H,2,7H2,1H3/t11-/m0/s1. The van der Waals surface area contributed by atoms with Crippen LogP contribution in [0.2, 0.25) is 0 Å². The van der Waals surface area contributed by atoms with E-state index in [-0.39, 0.29) is 25.0 Å². The molecule has 0 saturated carbocycles. The number of carbonyl (C=O) groups is 2. The summed E-state index contributed by atoms with van der Waals surface area (Å²) in [6.07, 6.45) is -0.205. The van der Waals surface area contributed by atoms with E-state index in [1.165, 1.54) is 6.92 Å². The van der Waals surface area contributed by atoms with Crippen LogP contribution in [-0.4, -0.2) is 49.2 Å². The molecule has 24 heavy (non-hydrogen) atoms. The van der Waals surface area contributed by atoms with Gasteiger partial charge in [0.2, 0.25) is 0 Å². The third-order valence-electron chi connectivity index (χ3n) is 3.09. The molecule has 0 saturated heterocycles. The molecule has 7 nitrogen and oxygen atoms in total. The molecule has 1 aromatic rings. The van der Waals surface area contributed by atoms with E-state index in [4.69, 9.17) is 0 Å². The fraction of sp³-hybridized carbons (Fsp3) is 0.385. The number of esters is 1. The first kappa shape index (κ1) is 20.1. The normalized spacial score (nSPS) is 13.6. The molecule has 0 spiro atoms. The highest BCUT2D eigenvalue weighted by Gasteiger charge is 2.46. The molecule has 0 aliphatic heterocycles. The molecule has 0 unspecified atom stereocenters. The van der Waals surface area contributed by atoms with E-state index in [1.54, 1.807) is 0 Å². The number of halogens is 3. The summed E-state index contributed by atoms with van der Waals surface area (Å²) in [5.74, 6) is -1.05. The van der Waals surface area contributed by atoms with Crippen molar-refractivity contribution >= 4 is 22.3 Å². The first-order chi connectivity index (χ1) is 11.0. The fourth-order valence-corrected chi connectivity index (χ4v) is 2.58. The van der Waals surface area contributed by atoms with Crippen molar-refractivity contribution in [2.24, 2.45) is 0 Å². The Kier molecular flexibility index (Phi) is 6.46. The van der Waals surface area contributed by atoms with E-state index >= 15 is 0 Å². The number of carbonyl (C=O) groups excluding carboxylic acids is 2. The largest absolute Gasteiger partial charge is 0.501 e. The Hall–Kier alpha value is -1.98. The van der Waals surface area contributed by atoms with Crippen LogP contribution in [0.25, 0.3) is 0 Å². The second kappa shape index (κ2) is 7.73. The Bertz CT molecular complexity index is 687. The first-order valence-electron chi connectivity index (χ1n) is 6.54. The molecule has 0 aromatic heterocycles. The topological polar surface area (TPSA) is 101 Å². The monoisotopic (exact) mass is 369 g/mol. The van der Waals surface area contributed by atoms with Gasteiger partial charge in [0, 0.05) is 13.0 Å². The minimum absolute atomic E-state index is 0.0131. The number of rotatable bonds is 7. The maximum atomic E-state index is 12.5. The van der Waals surface area contributed by atoms with Gasteiger partial charge in [-0.15, -0.1) is 0 Å². The van der Waals surface area contributed by atoms with Crippen LogP contribution in [0.15, 0.2) is 29.2 Å². The molecular formula is C13H14F3NO6S. The number of benzene rings is 1. The third-order valence-corrected chi connectivity index (χ3v) is 4.59. The summed E-state index contributed by atoms with van der Waals surface area (Å²) in [5, 5.41) is 10.2. The Labute approximate surface area is 135 Å². The van der Waals surface area contributed by atoms with Gasteiger partial charge in [-0.3, -0.25) is 4.79 Å². The number of ether oxygens (including phenoxy) is 1. The van der Waals surface area contributed by atoms with Crippen molar-refractivity contribution < 1.29 is 41.1 Å². The number of hydrogen-bond acceptors (Lipinski definition) is 7. The highest BCUT2D eigenvalue weighted by atomic mass is 32.2. The predicted molar refractivity (Wildman–Crippen MR) is 73.5 cm³/mol. The number of alkyl halides is 3. The molecule has 0 fully saturated rings. The van der Waals surface area contributed by atoms with Crippen LogP contribution >= 0.6 is 0 Å². The second-order valence-electron chi connectivity index (χ2n) is 4.60. The molecule has 0 aliphatic rings. The molecule has 1 rings (SSSR count). The summed E-state index contributed by atoms with van der Waals surface area (Å²) in [6.45, 7) is 1.41. The maximum absolute atomic E-state index is 12.5. The Balaban J connectivity index is 3.03. The highest BCUT2D eigenvalue weighted by molar-refractivity contribution is 7.92. The average Bonchev–Trinajstić information content (AvgIpc) is 2.51. The van der Waals surface area contributed by atoms with Crippen molar-refractivity contribution in [1.29, 1.82) is 0 Å². The van der Waals surface area contributed by atoms with Gasteiger partial charge in [0.05, 0.1) is 4.90 Å². The van der Waals surface area contributed by atoms with Crippen LogP contribution in [0.3, 0.4) is 0 Å². The van der Waals surface area contributed by atoms with E-state index in [2.05, 4.69) is 4.74 Å². The SMILES string of the molecule is CCN(O)[C@@H](Cc1ccc(S(=O)(=O)C(F)(F)F)cc1)C(=O)OC=O. The van der Waals surface area contributed by atoms with Crippen LogP contribution in [0.4, 0.5) is 13.2 Å². The Morgan fingerprint density at radius 3 is 2.29 bits per heavy atom. The van der Waals surface area contributed by atoms with Crippen molar-refractivity contribution in [3.05, 3.63) is 29.8 Å². The molecule has 0 bridgehead atoms. The quantitative estimate of drug-likeness (QED) is 0.335. The third kappa shape index (κ3) is 4.52. The van der Waals surface area contributed by atoms with E-state index in [0.717, 1.165) is 24.3 Å². The van der Waals surface area contributed by atoms with Gasteiger partial charge >= 0.3 is 17.9 Å². The van der Waals surface area contributed by atoms with Crippen LogP contribution in [0, 0.1) is 0 Å². The molecule has 0 aliphatic carbocycles. The summed E-state index contributed by atoms with van der Waals surface area (Å²) in [4.78, 5) is 20.9. The summed E-state index contributed by atoms with van der Waals surface area (Å²) in [5.41, 5.74) is -5.16. The van der Waals surface area contributed by atoms with Gasteiger partial charge in [-0.1, -0.05) is 19.1 Å². The van der Waals surface area contributed by atoms with Crippen molar-refractivity contribution in [2.75, 3.05) is 6.54 Å². The fourth-order valence-electron chi connectivity index (χ4n) is 1.82. The molecular weight excluding hydrogens is 355 g/mol. The van der Waals surface area contributed by atoms with Gasteiger partial charge in [0.1, 0.15) is 6.04 Å². The van der Waals surface area contributed by atoms with Gasteiger partial charge in [0.15, 0.2) is 0 Å². The molecule has 134 valence electrons. The minimum atomic E-state index is -5.47. The lowest BCUT2D eigenvalue weighted by atomic mass is 10.1. The second-order valence-corrected chi connectivity index (χ2v) is 6.54. The number of hydrogen-bond donors (Lipinski definition) is 1. The number of nitrogens with zero attached hydrogens (tertiary/aromatic N) is 1. The van der Waals surface area contributed by atoms with Gasteiger partial charge in [-0.2, -0.15) is 18.2 Å². The minimum Gasteiger partial charge on any atom is -0.394 e. The van der Waals surface area contributed by atoms with E-state index < -0.39 is 32.3 Å².